The highest BCUT2D eigenvalue weighted by atomic mass is 32.1. The molecule has 0 spiro atoms. The summed E-state index contributed by atoms with van der Waals surface area (Å²) in [6, 6.07) is 7.26. The number of nitrogens with one attached hydrogen (secondary N) is 2. The minimum absolute atomic E-state index is 0. The van der Waals surface area contributed by atoms with E-state index in [0.29, 0.717) is 95.5 Å². The normalized spacial score (nSPS) is 10.2. The summed E-state index contributed by atoms with van der Waals surface area (Å²) in [5.74, 6) is 6.83. The molecule has 0 unspecified atom stereocenters. The highest BCUT2D eigenvalue weighted by Gasteiger charge is 2.10. The predicted octanol–water partition coefficient (Wildman–Crippen LogP) is 27.0. The van der Waals surface area contributed by atoms with Gasteiger partial charge >= 0.3 is 0 Å². The lowest BCUT2D eigenvalue weighted by atomic mass is 10.0. The van der Waals surface area contributed by atoms with Crippen LogP contribution in [0.15, 0.2) is 158 Å². The van der Waals surface area contributed by atoms with E-state index in [-0.39, 0.29) is 37.1 Å². The second-order valence-corrected chi connectivity index (χ2v) is 35.5. The summed E-state index contributed by atoms with van der Waals surface area (Å²) >= 11 is 1.67. The molecule has 0 bridgehead atoms. The number of nitrogens with zero attached hydrogens (tertiary/aromatic N) is 24. The van der Waals surface area contributed by atoms with E-state index in [4.69, 9.17) is 20.3 Å². The number of aromatic amines is 2. The van der Waals surface area contributed by atoms with Crippen LogP contribution in [-0.2, 0) is 13.6 Å². The van der Waals surface area contributed by atoms with E-state index in [0.717, 1.165) is 56.7 Å². The van der Waals surface area contributed by atoms with Gasteiger partial charge in [-0.3, -0.25) is 28.1 Å². The Hall–Kier alpha value is -11.1. The Balaban J connectivity index is -0.000000430. The fraction of sp³-hybridized carbons (Fsp3) is 0.586. The van der Waals surface area contributed by atoms with Gasteiger partial charge in [-0.15, -0.1) is 31.7 Å². The average molecular weight is 1830 g/mol. The SMILES string of the molecule is C.C.C.C.C.CC(C)c1cc[nH]c1.CC(C)c1cnn(C)c1.CC(C)n1cccn1.CC(C)n1ccnc1.CC(C)n1nccn1.CCn1cc(C(C)C)cn1.Cc1c(N)cnn1C(C)C.Cc1c[nH]cc1C(C)C.Cc1cn(C(C)C)cn1.Cc1cnc(C(C)C)o1.Cc1cnn(C(C)C)c1.Cc1nn(C(C)C)cc1N.Cc1nnc(C(C)C)o1.Cc1nnc(C(C)C)s1. The van der Waals surface area contributed by atoms with Gasteiger partial charge in [0.2, 0.25) is 11.8 Å². The summed E-state index contributed by atoms with van der Waals surface area (Å²) in [6.07, 6.45) is 41.9. The van der Waals surface area contributed by atoms with E-state index < -0.39 is 0 Å². The maximum atomic E-state index is 5.60. The first-order valence-corrected chi connectivity index (χ1v) is 44.6. The van der Waals surface area contributed by atoms with Gasteiger partial charge in [0.1, 0.15) is 15.8 Å². The molecule has 31 heteroatoms. The van der Waals surface area contributed by atoms with Crippen LogP contribution in [0, 0.1) is 55.4 Å². The Morgan fingerprint density at radius 3 is 1.23 bits per heavy atom. The van der Waals surface area contributed by atoms with E-state index in [2.05, 4.69) is 294 Å². The van der Waals surface area contributed by atoms with E-state index in [1.807, 2.05) is 197 Å². The topological polar surface area (TPSA) is 348 Å². The van der Waals surface area contributed by atoms with Crippen molar-refractivity contribution < 1.29 is 8.83 Å². The number of aryl methyl sites for hydroxylation is 9. The van der Waals surface area contributed by atoms with Crippen molar-refractivity contribution >= 4 is 22.7 Å². The third-order valence-corrected chi connectivity index (χ3v) is 19.0. The number of imidazole rings is 2. The molecular formula is C99H180N28O2S. The molecule has 0 radical (unpaired) electrons. The molecule has 0 amide bonds. The van der Waals surface area contributed by atoms with Gasteiger partial charge < -0.3 is 39.4 Å². The van der Waals surface area contributed by atoms with Gasteiger partial charge in [-0.2, -0.15) is 45.6 Å². The van der Waals surface area contributed by atoms with Crippen LogP contribution in [0.4, 0.5) is 11.4 Å². The van der Waals surface area contributed by atoms with Crippen LogP contribution in [0.2, 0.25) is 0 Å². The molecule has 0 aliphatic carbocycles. The van der Waals surface area contributed by atoms with Gasteiger partial charge in [-0.25, -0.2) is 15.0 Å². The standard InChI is InChI=1S/C8H14N2.C8H13N.2C7H13N3.3C7H12N2.C7H11NO.C7H11N.C6H10N2O.C6H10N2S.2C6H10N2.C5H9N3.5CH4/c1-4-10-6-8(5-9-10)7(2)3;1-6(2)8-5-9-4-7(8)3;1-5(2)10-4-7(8)6(3)9-10;1-5(2)10-6(3)7(8)4-9-10;1-6(2)7-4-8-9(3)5-7;1-6(2)9-4-7(3)8-5-9;1-6(2)9-5-7(3)4-8-9;1-5(2)7-8-4-6(3)9-7;1-6(2)7-3-4-8-5-7;2*1-4(2)6-8-7-5(3)9-6;1-6(2)8-4-3-7-5-8;1-6(2)8-5-3-4-7-8;1-5(2)8-6-3-4-7-8;;;;;/h5-7H,4H2,1-3H3;4-6,9H,1-3H3;2*4-5H,8H2,1-3H3;3*4-6H,1-3H3;4-5H,1-3H3;3-6,8H,1-2H3;2*4H,1-3H3;2*3-6H,1-2H3;3-5H,1-2H3;5*1H4. The number of H-pyrrole nitrogens is 2. The number of rotatable bonds is 15. The van der Waals surface area contributed by atoms with E-state index in [9.17, 15) is 0 Å². The number of nitrogen functional groups attached to an aromatic ring is 2. The fourth-order valence-electron chi connectivity index (χ4n) is 9.90. The lowest BCUT2D eigenvalue weighted by Crippen LogP contribution is -2.04. The van der Waals surface area contributed by atoms with Crippen molar-refractivity contribution in [2.75, 3.05) is 11.5 Å². The first-order chi connectivity index (χ1) is 58.6. The quantitative estimate of drug-likeness (QED) is 0.0740. The maximum Gasteiger partial charge on any atom is 0.219 e. The monoisotopic (exact) mass is 1830 g/mol. The molecule has 14 aromatic rings. The Morgan fingerprint density at radius 1 is 0.431 bits per heavy atom. The minimum Gasteiger partial charge on any atom is -0.446 e. The zero-order valence-corrected chi connectivity index (χ0v) is 84.1. The number of nitrogens with two attached hydrogens (primary N) is 2. The van der Waals surface area contributed by atoms with Crippen LogP contribution in [0.5, 0.6) is 0 Å². The van der Waals surface area contributed by atoms with E-state index in [1.54, 1.807) is 60.2 Å². The first kappa shape index (κ1) is 127. The largest absolute Gasteiger partial charge is 0.446 e. The third-order valence-electron chi connectivity index (χ3n) is 17.9. The molecule has 0 atom stereocenters. The zero-order valence-electron chi connectivity index (χ0n) is 83.3. The van der Waals surface area contributed by atoms with Crippen LogP contribution in [0.3, 0.4) is 0 Å². The molecule has 6 N–H and O–H groups in total. The Labute approximate surface area is 790 Å². The Morgan fingerprint density at radius 2 is 1.01 bits per heavy atom. The number of hydrogen-bond acceptors (Lipinski definition) is 20. The van der Waals surface area contributed by atoms with E-state index >= 15 is 0 Å². The van der Waals surface area contributed by atoms with Crippen LogP contribution >= 0.6 is 11.3 Å². The summed E-state index contributed by atoms with van der Waals surface area (Å²) in [6.45, 7) is 78.0. The molecular weight excluding hydrogens is 1650 g/mol. The average Bonchev–Trinajstić information content (AvgIpc) is 1.73. The van der Waals surface area contributed by atoms with Gasteiger partial charge in [0.05, 0.1) is 90.5 Å². The summed E-state index contributed by atoms with van der Waals surface area (Å²) in [5, 5.41) is 50.1. The molecule has 14 heterocycles. The number of aromatic nitrogens is 26. The van der Waals surface area contributed by atoms with Gasteiger partial charge in [0.15, 0.2) is 5.89 Å². The molecule has 0 aromatic carbocycles. The number of anilines is 2. The number of hydrogen-bond donors (Lipinski definition) is 4. The zero-order chi connectivity index (χ0) is 94.9. The molecule has 0 aliphatic rings. The smallest absolute Gasteiger partial charge is 0.219 e. The molecule has 734 valence electrons. The van der Waals surface area contributed by atoms with Gasteiger partial charge in [0, 0.05) is 155 Å². The molecule has 0 saturated heterocycles. The van der Waals surface area contributed by atoms with Crippen molar-refractivity contribution in [1.82, 2.24) is 128 Å². The van der Waals surface area contributed by atoms with Crippen molar-refractivity contribution in [3.05, 3.63) is 233 Å². The van der Waals surface area contributed by atoms with Gasteiger partial charge in [0.25, 0.3) is 0 Å². The van der Waals surface area contributed by atoms with Crippen molar-refractivity contribution in [3.8, 4) is 0 Å². The Kier molecular flexibility index (Phi) is 66.6. The summed E-state index contributed by atoms with van der Waals surface area (Å²) in [5.41, 5.74) is 23.8. The predicted molar refractivity (Wildman–Crippen MR) is 548 cm³/mol. The molecule has 30 nitrogen and oxygen atoms in total. The molecule has 130 heavy (non-hydrogen) atoms. The fourth-order valence-corrected chi connectivity index (χ4v) is 10.6. The van der Waals surface area contributed by atoms with Crippen molar-refractivity contribution in [2.24, 2.45) is 7.05 Å². The van der Waals surface area contributed by atoms with E-state index in [1.165, 1.54) is 33.4 Å². The highest BCUT2D eigenvalue weighted by molar-refractivity contribution is 7.11. The minimum atomic E-state index is 0. The second kappa shape index (κ2) is 68.0. The molecule has 0 saturated carbocycles. The van der Waals surface area contributed by atoms with Gasteiger partial charge in [-0.05, 0) is 222 Å². The lowest BCUT2D eigenvalue weighted by Gasteiger charge is -2.06. The van der Waals surface area contributed by atoms with Gasteiger partial charge in [-0.1, -0.05) is 134 Å². The first-order valence-electron chi connectivity index (χ1n) is 43.8. The summed E-state index contributed by atoms with van der Waals surface area (Å²) < 4.78 is 25.9. The molecule has 14 rings (SSSR count). The van der Waals surface area contributed by atoms with Crippen molar-refractivity contribution in [1.29, 1.82) is 0 Å². The summed E-state index contributed by atoms with van der Waals surface area (Å²) in [7, 11) is 1.94. The number of oxazole rings is 1. The van der Waals surface area contributed by atoms with Crippen LogP contribution < -0.4 is 11.5 Å². The van der Waals surface area contributed by atoms with Crippen LogP contribution in [0.1, 0.15) is 406 Å². The lowest BCUT2D eigenvalue weighted by molar-refractivity contribution is 0.447. The van der Waals surface area contributed by atoms with Crippen LogP contribution in [0.25, 0.3) is 0 Å². The van der Waals surface area contributed by atoms with Crippen molar-refractivity contribution in [2.45, 2.75) is 384 Å². The van der Waals surface area contributed by atoms with Crippen molar-refractivity contribution in [3.63, 3.8) is 0 Å². The molecule has 14 aromatic heterocycles. The highest BCUT2D eigenvalue weighted by Crippen LogP contribution is 2.21. The summed E-state index contributed by atoms with van der Waals surface area (Å²) in [4.78, 5) is 19.8. The maximum absolute atomic E-state index is 5.60. The molecule has 0 aliphatic heterocycles. The second-order valence-electron chi connectivity index (χ2n) is 34.3. The van der Waals surface area contributed by atoms with Crippen LogP contribution in [-0.4, -0.2) is 128 Å². The molecule has 0 fully saturated rings. The third kappa shape index (κ3) is 52.5. The Bertz CT molecular complexity index is 4360.